The molecule has 0 amide bonds. The average molecular weight is 269 g/mol. The second kappa shape index (κ2) is 6.25. The Labute approximate surface area is 118 Å². The smallest absolute Gasteiger partial charge is 0.307 e. The topological polar surface area (TPSA) is 29.5 Å². The van der Waals surface area contributed by atoms with Crippen molar-refractivity contribution in [3.63, 3.8) is 0 Å². The fourth-order valence-corrected chi connectivity index (χ4v) is 2.66. The quantitative estimate of drug-likeness (QED) is 0.735. The third-order valence-corrected chi connectivity index (χ3v) is 3.86. The Morgan fingerprint density at radius 2 is 1.63 bits per heavy atom. The molecular weight excluding hydrogens is 238 g/mol. The molecule has 3 nitrogen and oxygen atoms in total. The van der Waals surface area contributed by atoms with Gasteiger partial charge in [0.15, 0.2) is 0 Å². The Balaban J connectivity index is 2.25. The van der Waals surface area contributed by atoms with E-state index in [4.69, 9.17) is 4.74 Å². The maximum absolute atomic E-state index is 11.7. The molecule has 0 radical (unpaired) electrons. The molecule has 1 saturated heterocycles. The molecule has 19 heavy (non-hydrogen) atoms. The Morgan fingerprint density at radius 3 is 2.05 bits per heavy atom. The number of nitrogens with zero attached hydrogens (tertiary/aromatic N) is 1. The third kappa shape index (κ3) is 6.42. The van der Waals surface area contributed by atoms with Gasteiger partial charge in [0.2, 0.25) is 0 Å². The second-order valence-electron chi connectivity index (χ2n) is 7.82. The van der Waals surface area contributed by atoms with E-state index in [0.29, 0.717) is 11.8 Å². The number of hydrogen-bond donors (Lipinski definition) is 0. The van der Waals surface area contributed by atoms with Crippen LogP contribution in [-0.4, -0.2) is 36.1 Å². The highest BCUT2D eigenvalue weighted by Crippen LogP contribution is 2.34. The summed E-state index contributed by atoms with van der Waals surface area (Å²) >= 11 is 0. The lowest BCUT2D eigenvalue weighted by Gasteiger charge is -2.38. The van der Waals surface area contributed by atoms with E-state index in [1.807, 2.05) is 20.8 Å². The molecule has 3 heteroatoms. The van der Waals surface area contributed by atoms with Gasteiger partial charge in [0.1, 0.15) is 5.60 Å². The fraction of sp³-hybridized carbons (Fsp3) is 0.938. The molecule has 0 spiro atoms. The fourth-order valence-electron chi connectivity index (χ4n) is 2.66. The number of likely N-dealkylation sites (tertiary alicyclic amines) is 1. The van der Waals surface area contributed by atoms with Crippen LogP contribution in [0.5, 0.6) is 0 Å². The van der Waals surface area contributed by atoms with Crippen molar-refractivity contribution in [3.8, 4) is 0 Å². The van der Waals surface area contributed by atoms with Crippen molar-refractivity contribution in [1.82, 2.24) is 4.90 Å². The van der Waals surface area contributed by atoms with Crippen LogP contribution in [0.25, 0.3) is 0 Å². The molecule has 0 atom stereocenters. The van der Waals surface area contributed by atoms with E-state index in [2.05, 4.69) is 25.7 Å². The van der Waals surface area contributed by atoms with Crippen LogP contribution in [0.3, 0.4) is 0 Å². The summed E-state index contributed by atoms with van der Waals surface area (Å²) in [5, 5.41) is 0. The number of ether oxygens (including phenoxy) is 1. The largest absolute Gasteiger partial charge is 0.460 e. The summed E-state index contributed by atoms with van der Waals surface area (Å²) in [6, 6.07) is 0. The number of carbonyl (C=O) groups excluding carboxylic acids is 1. The van der Waals surface area contributed by atoms with E-state index in [9.17, 15) is 4.79 Å². The van der Waals surface area contributed by atoms with E-state index in [0.717, 1.165) is 25.6 Å². The normalized spacial score (nSPS) is 19.5. The maximum atomic E-state index is 11.7. The number of hydrogen-bond acceptors (Lipinski definition) is 3. The lowest BCUT2D eigenvalue weighted by molar-refractivity contribution is -0.155. The van der Waals surface area contributed by atoms with Gasteiger partial charge in [0.05, 0.1) is 6.42 Å². The molecular formula is C16H31NO2. The first-order valence-corrected chi connectivity index (χ1v) is 7.52. The monoisotopic (exact) mass is 269 g/mol. The van der Waals surface area contributed by atoms with Crippen LogP contribution in [0.1, 0.15) is 60.8 Å². The SMILES string of the molecule is CC(C)(C)OC(=O)CCN1CCC(C(C)(C)C)CC1. The molecule has 112 valence electrons. The van der Waals surface area contributed by atoms with Crippen molar-refractivity contribution in [3.05, 3.63) is 0 Å². The van der Waals surface area contributed by atoms with Gasteiger partial charge in [-0.1, -0.05) is 20.8 Å². The second-order valence-corrected chi connectivity index (χ2v) is 7.82. The number of carbonyl (C=O) groups is 1. The highest BCUT2D eigenvalue weighted by Gasteiger charge is 2.28. The Hall–Kier alpha value is -0.570. The highest BCUT2D eigenvalue weighted by molar-refractivity contribution is 5.70. The first-order chi connectivity index (χ1) is 8.58. The van der Waals surface area contributed by atoms with Crippen molar-refractivity contribution >= 4 is 5.97 Å². The van der Waals surface area contributed by atoms with E-state index in [1.54, 1.807) is 0 Å². The van der Waals surface area contributed by atoms with Gasteiger partial charge in [-0.25, -0.2) is 0 Å². The van der Waals surface area contributed by atoms with E-state index >= 15 is 0 Å². The summed E-state index contributed by atoms with van der Waals surface area (Å²) in [5.74, 6) is 0.732. The van der Waals surface area contributed by atoms with Crippen LogP contribution in [0, 0.1) is 11.3 Å². The van der Waals surface area contributed by atoms with Gasteiger partial charge in [0.25, 0.3) is 0 Å². The van der Waals surface area contributed by atoms with Crippen molar-refractivity contribution in [2.24, 2.45) is 11.3 Å². The minimum Gasteiger partial charge on any atom is -0.460 e. The summed E-state index contributed by atoms with van der Waals surface area (Å²) in [4.78, 5) is 14.1. The lowest BCUT2D eigenvalue weighted by atomic mass is 9.75. The lowest BCUT2D eigenvalue weighted by Crippen LogP contribution is -2.39. The molecule has 0 aromatic carbocycles. The maximum Gasteiger partial charge on any atom is 0.307 e. The molecule has 0 aromatic heterocycles. The molecule has 1 heterocycles. The van der Waals surface area contributed by atoms with Crippen LogP contribution < -0.4 is 0 Å². The van der Waals surface area contributed by atoms with E-state index in [-0.39, 0.29) is 11.6 Å². The zero-order valence-corrected chi connectivity index (χ0v) is 13.6. The molecule has 1 fully saturated rings. The summed E-state index contributed by atoms with van der Waals surface area (Å²) in [6.07, 6.45) is 3.01. The Morgan fingerprint density at radius 1 is 1.11 bits per heavy atom. The first-order valence-electron chi connectivity index (χ1n) is 7.52. The molecule has 0 unspecified atom stereocenters. The van der Waals surface area contributed by atoms with Gasteiger partial charge in [0, 0.05) is 6.54 Å². The van der Waals surface area contributed by atoms with Gasteiger partial charge < -0.3 is 9.64 Å². The predicted octanol–water partition coefficient (Wildman–Crippen LogP) is 3.48. The number of rotatable bonds is 3. The van der Waals surface area contributed by atoms with Crippen molar-refractivity contribution in [2.75, 3.05) is 19.6 Å². The van der Waals surface area contributed by atoms with Gasteiger partial charge in [-0.3, -0.25) is 4.79 Å². The number of esters is 1. The van der Waals surface area contributed by atoms with Crippen LogP contribution in [0.2, 0.25) is 0 Å². The molecule has 0 bridgehead atoms. The Kier molecular flexibility index (Phi) is 5.43. The molecule has 0 aliphatic carbocycles. The zero-order valence-electron chi connectivity index (χ0n) is 13.6. The molecule has 0 aromatic rings. The summed E-state index contributed by atoms with van der Waals surface area (Å²) in [7, 11) is 0. The molecule has 1 rings (SSSR count). The minimum atomic E-state index is -0.365. The first kappa shape index (κ1) is 16.5. The third-order valence-electron chi connectivity index (χ3n) is 3.86. The van der Waals surface area contributed by atoms with E-state index < -0.39 is 0 Å². The Bertz CT molecular complexity index is 291. The van der Waals surface area contributed by atoms with E-state index in [1.165, 1.54) is 12.8 Å². The van der Waals surface area contributed by atoms with Gasteiger partial charge in [-0.05, 0) is 58.0 Å². The summed E-state index contributed by atoms with van der Waals surface area (Å²) in [5.41, 5.74) is 0.0492. The zero-order chi connectivity index (χ0) is 14.7. The van der Waals surface area contributed by atoms with Crippen molar-refractivity contribution in [2.45, 2.75) is 66.4 Å². The van der Waals surface area contributed by atoms with Crippen LogP contribution in [0.15, 0.2) is 0 Å². The van der Waals surface area contributed by atoms with Crippen LogP contribution >= 0.6 is 0 Å². The molecule has 1 aliphatic heterocycles. The highest BCUT2D eigenvalue weighted by atomic mass is 16.6. The van der Waals surface area contributed by atoms with Crippen LogP contribution in [-0.2, 0) is 9.53 Å². The standard InChI is InChI=1S/C16H31NO2/c1-15(2,3)13-7-10-17(11-8-13)12-9-14(18)19-16(4,5)6/h13H,7-12H2,1-6H3. The summed E-state index contributed by atoms with van der Waals surface area (Å²) in [6.45, 7) is 15.8. The molecule has 0 N–H and O–H groups in total. The minimum absolute atomic E-state index is 0.0783. The molecule has 1 aliphatic rings. The van der Waals surface area contributed by atoms with Gasteiger partial charge in [-0.15, -0.1) is 0 Å². The van der Waals surface area contributed by atoms with Gasteiger partial charge >= 0.3 is 5.97 Å². The summed E-state index contributed by atoms with van der Waals surface area (Å²) < 4.78 is 5.34. The van der Waals surface area contributed by atoms with Crippen molar-refractivity contribution in [1.29, 1.82) is 0 Å². The molecule has 0 saturated carbocycles. The average Bonchev–Trinajstić information content (AvgIpc) is 2.23. The van der Waals surface area contributed by atoms with Crippen molar-refractivity contribution < 1.29 is 9.53 Å². The van der Waals surface area contributed by atoms with Gasteiger partial charge in [-0.2, -0.15) is 0 Å². The van der Waals surface area contributed by atoms with Crippen LogP contribution in [0.4, 0.5) is 0 Å². The predicted molar refractivity (Wildman–Crippen MR) is 79.1 cm³/mol. The number of piperidine rings is 1.